The number of carbonyl (C=O) groups is 2. The first-order valence-corrected chi connectivity index (χ1v) is 6.63. The average Bonchev–Trinajstić information content (AvgIpc) is 3.10. The summed E-state index contributed by atoms with van der Waals surface area (Å²) in [6.45, 7) is 4.61. The fourth-order valence-corrected chi connectivity index (χ4v) is 1.76. The molecule has 1 rings (SSSR count). The van der Waals surface area contributed by atoms with Crippen molar-refractivity contribution < 1.29 is 14.3 Å². The maximum absolute atomic E-state index is 11.5. The lowest BCUT2D eigenvalue weighted by Crippen LogP contribution is -2.40. The molecule has 1 unspecified atom stereocenters. The van der Waals surface area contributed by atoms with E-state index in [0.717, 1.165) is 19.3 Å². The van der Waals surface area contributed by atoms with E-state index in [1.807, 2.05) is 0 Å². The molecule has 1 saturated carbocycles. The summed E-state index contributed by atoms with van der Waals surface area (Å²) in [4.78, 5) is 23.0. The van der Waals surface area contributed by atoms with E-state index in [0.29, 0.717) is 24.9 Å². The highest BCUT2D eigenvalue weighted by Crippen LogP contribution is 2.18. The van der Waals surface area contributed by atoms with Crippen molar-refractivity contribution in [3.05, 3.63) is 0 Å². The topological polar surface area (TPSA) is 67.4 Å². The maximum Gasteiger partial charge on any atom is 0.322 e. The van der Waals surface area contributed by atoms with Crippen LogP contribution in [-0.2, 0) is 14.3 Å². The zero-order valence-electron chi connectivity index (χ0n) is 11.5. The molecule has 18 heavy (non-hydrogen) atoms. The zero-order valence-corrected chi connectivity index (χ0v) is 11.5. The number of nitrogens with one attached hydrogen (secondary N) is 2. The van der Waals surface area contributed by atoms with Crippen LogP contribution in [0.5, 0.6) is 0 Å². The molecule has 1 atom stereocenters. The molecule has 0 spiro atoms. The molecule has 0 aromatic rings. The van der Waals surface area contributed by atoms with Crippen molar-refractivity contribution in [1.29, 1.82) is 0 Å². The number of carbonyl (C=O) groups excluding carboxylic acids is 2. The Kier molecular flexibility index (Phi) is 6.12. The van der Waals surface area contributed by atoms with E-state index < -0.39 is 0 Å². The summed E-state index contributed by atoms with van der Waals surface area (Å²) in [5.41, 5.74) is 0. The van der Waals surface area contributed by atoms with E-state index in [1.54, 1.807) is 0 Å². The largest absolute Gasteiger partial charge is 0.468 e. The maximum atomic E-state index is 11.5. The van der Waals surface area contributed by atoms with Crippen LogP contribution in [0.1, 0.15) is 39.5 Å². The molecule has 5 heteroatoms. The summed E-state index contributed by atoms with van der Waals surface area (Å²) < 4.78 is 4.74. The molecule has 0 bridgehead atoms. The number of methoxy groups -OCH3 is 1. The van der Waals surface area contributed by atoms with Crippen LogP contribution in [0.2, 0.25) is 0 Å². The van der Waals surface area contributed by atoms with Crippen molar-refractivity contribution in [2.75, 3.05) is 13.7 Å². The number of amides is 1. The smallest absolute Gasteiger partial charge is 0.322 e. The fourth-order valence-electron chi connectivity index (χ4n) is 1.76. The molecule has 5 nitrogen and oxygen atoms in total. The number of rotatable bonds is 8. The Bertz CT molecular complexity index is 288. The zero-order chi connectivity index (χ0) is 13.5. The third-order valence-electron chi connectivity index (χ3n) is 2.88. The Morgan fingerprint density at radius 2 is 2.00 bits per heavy atom. The third-order valence-corrected chi connectivity index (χ3v) is 2.88. The number of hydrogen-bond donors (Lipinski definition) is 2. The summed E-state index contributed by atoms with van der Waals surface area (Å²) in [6.07, 6.45) is 3.31. The average molecular weight is 256 g/mol. The minimum atomic E-state index is -0.316. The van der Waals surface area contributed by atoms with Crippen LogP contribution in [0.15, 0.2) is 0 Å². The van der Waals surface area contributed by atoms with Gasteiger partial charge >= 0.3 is 5.97 Å². The molecule has 0 heterocycles. The van der Waals surface area contributed by atoms with Gasteiger partial charge in [-0.1, -0.05) is 13.8 Å². The summed E-state index contributed by atoms with van der Waals surface area (Å²) in [5.74, 6) is 0.200. The molecule has 2 N–H and O–H groups in total. The summed E-state index contributed by atoms with van der Waals surface area (Å²) in [5, 5.41) is 6.01. The Balaban J connectivity index is 2.22. The van der Waals surface area contributed by atoms with Crippen LogP contribution in [0.4, 0.5) is 0 Å². The Morgan fingerprint density at radius 3 is 2.50 bits per heavy atom. The second-order valence-electron chi connectivity index (χ2n) is 5.25. The van der Waals surface area contributed by atoms with E-state index in [-0.39, 0.29) is 17.9 Å². The molecule has 1 amide bonds. The molecule has 0 radical (unpaired) electrons. The van der Waals surface area contributed by atoms with Gasteiger partial charge in [0.1, 0.15) is 6.04 Å². The molecule has 0 saturated heterocycles. The second-order valence-corrected chi connectivity index (χ2v) is 5.25. The van der Waals surface area contributed by atoms with E-state index in [1.165, 1.54) is 7.11 Å². The number of esters is 1. The number of hydrogen-bond acceptors (Lipinski definition) is 4. The van der Waals surface area contributed by atoms with E-state index in [4.69, 9.17) is 4.74 Å². The van der Waals surface area contributed by atoms with Gasteiger partial charge in [0.2, 0.25) is 5.91 Å². The molecule has 0 aliphatic heterocycles. The van der Waals surface area contributed by atoms with Gasteiger partial charge in [-0.25, -0.2) is 0 Å². The SMILES string of the molecule is COC(=O)C(CC(C)C)NCCC(=O)NC1CC1. The van der Waals surface area contributed by atoms with E-state index in [9.17, 15) is 9.59 Å². The van der Waals surface area contributed by atoms with Gasteiger partial charge in [0, 0.05) is 19.0 Å². The molecule has 0 aromatic heterocycles. The van der Waals surface area contributed by atoms with Crippen molar-refractivity contribution in [2.45, 2.75) is 51.6 Å². The molecule has 0 aromatic carbocycles. The van der Waals surface area contributed by atoms with Crippen molar-refractivity contribution in [1.82, 2.24) is 10.6 Å². The highest BCUT2D eigenvalue weighted by atomic mass is 16.5. The first kappa shape index (κ1) is 15.0. The van der Waals surface area contributed by atoms with Gasteiger partial charge < -0.3 is 15.4 Å². The molecular weight excluding hydrogens is 232 g/mol. The molecule has 104 valence electrons. The normalized spacial score (nSPS) is 16.4. The first-order valence-electron chi connectivity index (χ1n) is 6.63. The monoisotopic (exact) mass is 256 g/mol. The van der Waals surface area contributed by atoms with Crippen LogP contribution in [0.25, 0.3) is 0 Å². The van der Waals surface area contributed by atoms with Crippen molar-refractivity contribution in [2.24, 2.45) is 5.92 Å². The van der Waals surface area contributed by atoms with Gasteiger partial charge in [-0.05, 0) is 25.2 Å². The molecule has 1 aliphatic carbocycles. The minimum absolute atomic E-state index is 0.0539. The minimum Gasteiger partial charge on any atom is -0.468 e. The Morgan fingerprint density at radius 1 is 1.33 bits per heavy atom. The van der Waals surface area contributed by atoms with Crippen molar-refractivity contribution in [3.63, 3.8) is 0 Å². The van der Waals surface area contributed by atoms with Gasteiger partial charge in [0.05, 0.1) is 7.11 Å². The Labute approximate surface area is 109 Å². The fraction of sp³-hybridized carbons (Fsp3) is 0.846. The first-order chi connectivity index (χ1) is 8.52. The quantitative estimate of drug-likeness (QED) is 0.631. The van der Waals surface area contributed by atoms with Gasteiger partial charge in [0.15, 0.2) is 0 Å². The van der Waals surface area contributed by atoms with Crippen LogP contribution < -0.4 is 10.6 Å². The molecular formula is C13H24N2O3. The molecule has 1 aliphatic rings. The third kappa shape index (κ3) is 6.00. The summed E-state index contributed by atoms with van der Waals surface area (Å²) >= 11 is 0. The van der Waals surface area contributed by atoms with Crippen LogP contribution in [0, 0.1) is 5.92 Å². The van der Waals surface area contributed by atoms with Crippen molar-refractivity contribution >= 4 is 11.9 Å². The lowest BCUT2D eigenvalue weighted by Gasteiger charge is -2.18. The predicted octanol–water partition coefficient (Wildman–Crippen LogP) is 0.832. The Hall–Kier alpha value is -1.10. The number of ether oxygens (including phenoxy) is 1. The highest BCUT2D eigenvalue weighted by Gasteiger charge is 2.23. The highest BCUT2D eigenvalue weighted by molar-refractivity contribution is 5.77. The predicted molar refractivity (Wildman–Crippen MR) is 69.0 cm³/mol. The van der Waals surface area contributed by atoms with Gasteiger partial charge in [-0.2, -0.15) is 0 Å². The summed E-state index contributed by atoms with van der Waals surface area (Å²) in [6, 6.07) is 0.0771. The van der Waals surface area contributed by atoms with Crippen molar-refractivity contribution in [3.8, 4) is 0 Å². The van der Waals surface area contributed by atoms with Gasteiger partial charge in [0.25, 0.3) is 0 Å². The van der Waals surface area contributed by atoms with Crippen LogP contribution in [0.3, 0.4) is 0 Å². The van der Waals surface area contributed by atoms with Crippen LogP contribution in [-0.4, -0.2) is 37.6 Å². The lowest BCUT2D eigenvalue weighted by molar-refractivity contribution is -0.143. The van der Waals surface area contributed by atoms with Gasteiger partial charge in [-0.15, -0.1) is 0 Å². The lowest BCUT2D eigenvalue weighted by atomic mass is 10.0. The molecule has 1 fully saturated rings. The summed E-state index contributed by atoms with van der Waals surface area (Å²) in [7, 11) is 1.39. The standard InChI is InChI=1S/C13H24N2O3/c1-9(2)8-11(13(17)18-3)14-7-6-12(16)15-10-4-5-10/h9-11,14H,4-8H2,1-3H3,(H,15,16). The van der Waals surface area contributed by atoms with Gasteiger partial charge in [-0.3, -0.25) is 9.59 Å². The second kappa shape index (κ2) is 7.36. The van der Waals surface area contributed by atoms with E-state index in [2.05, 4.69) is 24.5 Å². The van der Waals surface area contributed by atoms with E-state index >= 15 is 0 Å². The van der Waals surface area contributed by atoms with Crippen LogP contribution >= 0.6 is 0 Å².